The minimum Gasteiger partial charge on any atom is -0.350 e. The molecule has 122 valence electrons. The van der Waals surface area contributed by atoms with Crippen LogP contribution in [0.15, 0.2) is 34.9 Å². The van der Waals surface area contributed by atoms with Crippen LogP contribution in [0.25, 0.3) is 11.3 Å². The van der Waals surface area contributed by atoms with Gasteiger partial charge < -0.3 is 14.7 Å². The molecular weight excluding hydrogens is 328 g/mol. The van der Waals surface area contributed by atoms with E-state index in [9.17, 15) is 10.1 Å². The number of hydrogen-bond donors (Lipinski definition) is 1. The Hall–Kier alpha value is -2.52. The summed E-state index contributed by atoms with van der Waals surface area (Å²) in [4.78, 5) is 14.2. The standard InChI is InChI=1S/C17H15ClN4O2/c18-11-3-1-2-10(6-11)13-8-16(24-21-13)17(23)20-14-7-12-4-5-15(14)22(12)9-19/h1-3,6,8,12,14-15H,4-5,7H2,(H,20,23)/t12-,14+,15+/m1/s1. The van der Waals surface area contributed by atoms with Gasteiger partial charge in [0.1, 0.15) is 5.69 Å². The number of benzene rings is 1. The van der Waals surface area contributed by atoms with Crippen LogP contribution in [0.4, 0.5) is 0 Å². The third-order valence-electron chi connectivity index (χ3n) is 4.82. The van der Waals surface area contributed by atoms with E-state index in [0.717, 1.165) is 24.8 Å². The minimum atomic E-state index is -0.300. The second-order valence-corrected chi connectivity index (χ2v) is 6.64. The van der Waals surface area contributed by atoms with Crippen LogP contribution in [0.2, 0.25) is 5.02 Å². The van der Waals surface area contributed by atoms with Crippen molar-refractivity contribution in [3.8, 4) is 17.5 Å². The Balaban J connectivity index is 1.48. The quantitative estimate of drug-likeness (QED) is 0.867. The van der Waals surface area contributed by atoms with Gasteiger partial charge in [-0.3, -0.25) is 4.79 Å². The van der Waals surface area contributed by atoms with Crippen molar-refractivity contribution in [3.63, 3.8) is 0 Å². The van der Waals surface area contributed by atoms with Crippen molar-refractivity contribution in [2.45, 2.75) is 37.4 Å². The predicted molar refractivity (Wildman–Crippen MR) is 87.1 cm³/mol. The molecule has 4 rings (SSSR count). The lowest BCUT2D eigenvalue weighted by Gasteiger charge is -2.21. The van der Waals surface area contributed by atoms with E-state index >= 15 is 0 Å². The van der Waals surface area contributed by atoms with Crippen molar-refractivity contribution < 1.29 is 9.32 Å². The number of nitrogens with one attached hydrogen (secondary N) is 1. The monoisotopic (exact) mass is 342 g/mol. The lowest BCUT2D eigenvalue weighted by atomic mass is 9.95. The number of aromatic nitrogens is 1. The zero-order chi connectivity index (χ0) is 16.7. The second-order valence-electron chi connectivity index (χ2n) is 6.21. The molecule has 2 aliphatic heterocycles. The van der Waals surface area contributed by atoms with Gasteiger partial charge in [-0.1, -0.05) is 28.9 Å². The number of rotatable bonds is 3. The average molecular weight is 343 g/mol. The molecule has 0 aliphatic carbocycles. The molecule has 0 saturated carbocycles. The maximum absolute atomic E-state index is 12.4. The summed E-state index contributed by atoms with van der Waals surface area (Å²) in [6.45, 7) is 0. The van der Waals surface area contributed by atoms with Crippen LogP contribution >= 0.6 is 11.6 Å². The first-order valence-electron chi connectivity index (χ1n) is 7.87. The van der Waals surface area contributed by atoms with Crippen LogP contribution in [0.1, 0.15) is 29.8 Å². The smallest absolute Gasteiger partial charge is 0.290 e. The van der Waals surface area contributed by atoms with Crippen molar-refractivity contribution in [2.24, 2.45) is 0 Å². The summed E-state index contributed by atoms with van der Waals surface area (Å²) in [6, 6.07) is 9.15. The van der Waals surface area contributed by atoms with Crippen LogP contribution in [0, 0.1) is 11.5 Å². The number of carbonyl (C=O) groups excluding carboxylic acids is 1. The SMILES string of the molecule is N#CN1[C@@H]2CC[C@H]1[C@@H](NC(=O)c1cc(-c3cccc(Cl)c3)no1)C2. The van der Waals surface area contributed by atoms with Gasteiger partial charge in [0, 0.05) is 22.7 Å². The summed E-state index contributed by atoms with van der Waals surface area (Å²) < 4.78 is 5.18. The van der Waals surface area contributed by atoms with E-state index < -0.39 is 0 Å². The molecule has 6 nitrogen and oxygen atoms in total. The van der Waals surface area contributed by atoms with E-state index in [1.165, 1.54) is 0 Å². The Morgan fingerprint density at radius 1 is 1.42 bits per heavy atom. The molecule has 0 radical (unpaired) electrons. The molecule has 24 heavy (non-hydrogen) atoms. The van der Waals surface area contributed by atoms with Crippen LogP contribution in [0.3, 0.4) is 0 Å². The lowest BCUT2D eigenvalue weighted by molar-refractivity contribution is 0.0891. The highest BCUT2D eigenvalue weighted by molar-refractivity contribution is 6.30. The van der Waals surface area contributed by atoms with Crippen LogP contribution in [-0.2, 0) is 0 Å². The number of halogens is 1. The average Bonchev–Trinajstić information content (AvgIpc) is 3.28. The summed E-state index contributed by atoms with van der Waals surface area (Å²) in [5, 5.41) is 16.7. The Morgan fingerprint density at radius 3 is 3.04 bits per heavy atom. The fraction of sp³-hybridized carbons (Fsp3) is 0.353. The van der Waals surface area contributed by atoms with E-state index in [1.807, 2.05) is 17.0 Å². The van der Waals surface area contributed by atoms with Gasteiger partial charge in [0.2, 0.25) is 5.76 Å². The van der Waals surface area contributed by atoms with Gasteiger partial charge in [-0.05, 0) is 31.4 Å². The fourth-order valence-corrected chi connectivity index (χ4v) is 3.90. The Labute approximate surface area is 144 Å². The van der Waals surface area contributed by atoms with Gasteiger partial charge >= 0.3 is 0 Å². The summed E-state index contributed by atoms with van der Waals surface area (Å²) in [5.41, 5.74) is 1.36. The van der Waals surface area contributed by atoms with Crippen molar-refractivity contribution >= 4 is 17.5 Å². The molecule has 0 unspecified atom stereocenters. The topological polar surface area (TPSA) is 82.2 Å². The highest BCUT2D eigenvalue weighted by Gasteiger charge is 2.46. The number of carbonyl (C=O) groups is 1. The fourth-order valence-electron chi connectivity index (χ4n) is 3.71. The summed E-state index contributed by atoms with van der Waals surface area (Å²) in [5.74, 6) is -0.137. The van der Waals surface area contributed by atoms with E-state index in [2.05, 4.69) is 16.7 Å². The van der Waals surface area contributed by atoms with Gasteiger partial charge in [0.25, 0.3) is 5.91 Å². The largest absolute Gasteiger partial charge is 0.350 e. The minimum absolute atomic E-state index is 0.0179. The summed E-state index contributed by atoms with van der Waals surface area (Å²) in [7, 11) is 0. The molecule has 2 aromatic rings. The van der Waals surface area contributed by atoms with Gasteiger partial charge in [-0.2, -0.15) is 5.26 Å². The predicted octanol–water partition coefficient (Wildman–Crippen LogP) is 2.81. The Morgan fingerprint density at radius 2 is 2.29 bits per heavy atom. The van der Waals surface area contributed by atoms with Crippen molar-refractivity contribution in [3.05, 3.63) is 41.1 Å². The van der Waals surface area contributed by atoms with Crippen molar-refractivity contribution in [2.75, 3.05) is 0 Å². The number of nitrogens with zero attached hydrogens (tertiary/aromatic N) is 3. The van der Waals surface area contributed by atoms with Crippen LogP contribution in [0.5, 0.6) is 0 Å². The molecule has 2 fully saturated rings. The first kappa shape index (κ1) is 15.0. The molecule has 1 amide bonds. The van der Waals surface area contributed by atoms with Crippen molar-refractivity contribution in [1.29, 1.82) is 5.26 Å². The zero-order valence-electron chi connectivity index (χ0n) is 12.8. The van der Waals surface area contributed by atoms with E-state index in [4.69, 9.17) is 16.1 Å². The number of fused-ring (bicyclic) bond motifs is 2. The molecular formula is C17H15ClN4O2. The third kappa shape index (κ3) is 2.51. The molecule has 3 atom stereocenters. The molecule has 1 aromatic heterocycles. The third-order valence-corrected chi connectivity index (χ3v) is 5.06. The molecule has 0 spiro atoms. The molecule has 3 heterocycles. The molecule has 1 N–H and O–H groups in total. The van der Waals surface area contributed by atoms with Crippen LogP contribution in [-0.4, -0.2) is 34.1 Å². The van der Waals surface area contributed by atoms with E-state index in [-0.39, 0.29) is 29.8 Å². The Kier molecular flexibility index (Phi) is 3.66. The first-order chi connectivity index (χ1) is 11.7. The van der Waals surface area contributed by atoms with Gasteiger partial charge in [0.05, 0.1) is 12.1 Å². The first-order valence-corrected chi connectivity index (χ1v) is 8.25. The summed E-state index contributed by atoms with van der Waals surface area (Å²) >= 11 is 5.97. The van der Waals surface area contributed by atoms with E-state index in [0.29, 0.717) is 10.7 Å². The normalized spacial score (nSPS) is 24.8. The second kappa shape index (κ2) is 5.84. The molecule has 1 aromatic carbocycles. The van der Waals surface area contributed by atoms with Crippen molar-refractivity contribution in [1.82, 2.24) is 15.4 Å². The Bertz CT molecular complexity index is 828. The number of nitriles is 1. The van der Waals surface area contributed by atoms with Crippen LogP contribution < -0.4 is 5.32 Å². The highest BCUT2D eigenvalue weighted by Crippen LogP contribution is 2.37. The maximum atomic E-state index is 12.4. The lowest BCUT2D eigenvalue weighted by Crippen LogP contribution is -2.43. The molecule has 2 saturated heterocycles. The number of hydrogen-bond acceptors (Lipinski definition) is 5. The van der Waals surface area contributed by atoms with E-state index in [1.54, 1.807) is 18.2 Å². The molecule has 7 heteroatoms. The molecule has 2 bridgehead atoms. The summed E-state index contributed by atoms with van der Waals surface area (Å²) in [6.07, 6.45) is 5.00. The molecule has 2 aliphatic rings. The maximum Gasteiger partial charge on any atom is 0.290 e. The van der Waals surface area contributed by atoms with Gasteiger partial charge in [0.15, 0.2) is 6.19 Å². The van der Waals surface area contributed by atoms with Gasteiger partial charge in [-0.15, -0.1) is 0 Å². The number of amides is 1. The zero-order valence-corrected chi connectivity index (χ0v) is 13.5. The van der Waals surface area contributed by atoms with Gasteiger partial charge in [-0.25, -0.2) is 0 Å². The highest BCUT2D eigenvalue weighted by atomic mass is 35.5.